The van der Waals surface area contributed by atoms with Crippen LogP contribution < -0.4 is 5.32 Å². The Morgan fingerprint density at radius 3 is 3.07 bits per heavy atom. The molecule has 3 aromatic heterocycles. The van der Waals surface area contributed by atoms with Crippen molar-refractivity contribution in [1.29, 1.82) is 0 Å². The van der Waals surface area contributed by atoms with Crippen LogP contribution in [0.3, 0.4) is 0 Å². The van der Waals surface area contributed by atoms with Crippen LogP contribution in [0.15, 0.2) is 24.7 Å². The molecule has 1 amide bonds. The first-order chi connectivity index (χ1) is 13.5. The monoisotopic (exact) mass is 384 g/mol. The average molecular weight is 384 g/mol. The van der Waals surface area contributed by atoms with Crippen LogP contribution in [0.5, 0.6) is 0 Å². The lowest BCUT2D eigenvalue weighted by Gasteiger charge is -2.32. The first-order valence-corrected chi connectivity index (χ1v) is 9.11. The lowest BCUT2D eigenvalue weighted by Crippen LogP contribution is -2.45. The first kappa shape index (κ1) is 18.1. The normalized spacial score (nSPS) is 17.0. The summed E-state index contributed by atoms with van der Waals surface area (Å²) in [5, 5.41) is 4.00. The maximum absolute atomic E-state index is 14.4. The van der Waals surface area contributed by atoms with Crippen molar-refractivity contribution < 1.29 is 13.9 Å². The highest BCUT2D eigenvalue weighted by molar-refractivity contribution is 5.92. The zero-order valence-electron chi connectivity index (χ0n) is 15.7. The summed E-state index contributed by atoms with van der Waals surface area (Å²) in [5.41, 5.74) is 2.50. The molecule has 1 atom stereocenters. The molecule has 3 aromatic rings. The number of ether oxygens (including phenoxy) is 1. The molecular weight excluding hydrogens is 363 g/mol. The second-order valence-corrected chi connectivity index (χ2v) is 6.90. The van der Waals surface area contributed by atoms with E-state index >= 15 is 0 Å². The van der Waals surface area contributed by atoms with Gasteiger partial charge in [-0.15, -0.1) is 0 Å². The molecule has 28 heavy (non-hydrogen) atoms. The number of likely N-dealkylation sites (tertiary alicyclic amines) is 1. The molecular formula is C19H21FN6O2. The molecule has 2 N–H and O–H groups in total. The number of piperidine rings is 1. The zero-order chi connectivity index (χ0) is 19.7. The minimum Gasteiger partial charge on any atom is -0.453 e. The van der Waals surface area contributed by atoms with Crippen LogP contribution in [-0.4, -0.2) is 57.2 Å². The smallest absolute Gasteiger partial charge is 0.409 e. The number of H-pyrrole nitrogens is 1. The molecule has 8 nitrogen and oxygen atoms in total. The number of methoxy groups -OCH3 is 1. The lowest BCUT2D eigenvalue weighted by atomic mass is 10.1. The molecule has 0 saturated carbocycles. The standard InChI is InChI=1S/C19H21FN6O2/c1-11-6-13-14(8-22-16(13)21-7-11)17-23-9-15(20)18(25-17)24-12-4-3-5-26(10-12)19(27)28-2/h6-9,12H,3-5,10H2,1-2H3,(H,21,22)(H,23,24,25). The van der Waals surface area contributed by atoms with E-state index < -0.39 is 5.82 Å². The molecule has 9 heteroatoms. The number of carbonyl (C=O) groups excluding carboxylic acids is 1. The number of halogens is 1. The summed E-state index contributed by atoms with van der Waals surface area (Å²) < 4.78 is 19.1. The molecule has 1 saturated heterocycles. The van der Waals surface area contributed by atoms with Crippen molar-refractivity contribution in [1.82, 2.24) is 24.8 Å². The van der Waals surface area contributed by atoms with Crippen LogP contribution in [0.25, 0.3) is 22.4 Å². The highest BCUT2D eigenvalue weighted by Crippen LogP contribution is 2.27. The van der Waals surface area contributed by atoms with E-state index in [4.69, 9.17) is 4.74 Å². The molecule has 0 aromatic carbocycles. The van der Waals surface area contributed by atoms with Gasteiger partial charge in [0.25, 0.3) is 0 Å². The molecule has 4 heterocycles. The first-order valence-electron chi connectivity index (χ1n) is 9.11. The van der Waals surface area contributed by atoms with E-state index in [1.807, 2.05) is 13.0 Å². The number of amides is 1. The van der Waals surface area contributed by atoms with E-state index in [-0.39, 0.29) is 18.0 Å². The number of pyridine rings is 1. The minimum atomic E-state index is -0.534. The van der Waals surface area contributed by atoms with Gasteiger partial charge in [0.1, 0.15) is 5.65 Å². The number of aryl methyl sites for hydroxylation is 1. The van der Waals surface area contributed by atoms with Gasteiger partial charge in [-0.3, -0.25) is 0 Å². The van der Waals surface area contributed by atoms with Gasteiger partial charge in [0.05, 0.1) is 13.3 Å². The fourth-order valence-electron chi connectivity index (χ4n) is 3.47. The fraction of sp³-hybridized carbons (Fsp3) is 0.368. The third-order valence-electron chi connectivity index (χ3n) is 4.85. The van der Waals surface area contributed by atoms with Crippen LogP contribution in [0.4, 0.5) is 15.0 Å². The van der Waals surface area contributed by atoms with Crippen LogP contribution in [0, 0.1) is 12.7 Å². The molecule has 4 rings (SSSR count). The molecule has 0 aliphatic carbocycles. The quantitative estimate of drug-likeness (QED) is 0.720. The molecule has 146 valence electrons. The van der Waals surface area contributed by atoms with E-state index in [1.165, 1.54) is 7.11 Å². The summed E-state index contributed by atoms with van der Waals surface area (Å²) in [5.74, 6) is -0.00653. The number of aromatic amines is 1. The Morgan fingerprint density at radius 1 is 1.39 bits per heavy atom. The summed E-state index contributed by atoms with van der Waals surface area (Å²) in [4.78, 5) is 29.4. The van der Waals surface area contributed by atoms with Gasteiger partial charge in [0.2, 0.25) is 0 Å². The Balaban J connectivity index is 1.60. The third kappa shape index (κ3) is 3.47. The number of hydrogen-bond donors (Lipinski definition) is 2. The van der Waals surface area contributed by atoms with Crippen molar-refractivity contribution in [2.75, 3.05) is 25.5 Å². The topological polar surface area (TPSA) is 96.0 Å². The highest BCUT2D eigenvalue weighted by atomic mass is 19.1. The molecule has 0 radical (unpaired) electrons. The number of hydrogen-bond acceptors (Lipinski definition) is 6. The predicted octanol–water partition coefficient (Wildman–Crippen LogP) is 3.11. The van der Waals surface area contributed by atoms with Crippen LogP contribution in [0.1, 0.15) is 18.4 Å². The average Bonchev–Trinajstić information content (AvgIpc) is 3.12. The van der Waals surface area contributed by atoms with Crippen molar-refractivity contribution >= 4 is 22.9 Å². The molecule has 1 aliphatic rings. The number of nitrogens with one attached hydrogen (secondary N) is 2. The molecule has 1 unspecified atom stereocenters. The van der Waals surface area contributed by atoms with Gasteiger partial charge >= 0.3 is 6.09 Å². The van der Waals surface area contributed by atoms with Gasteiger partial charge in [0.15, 0.2) is 17.5 Å². The second-order valence-electron chi connectivity index (χ2n) is 6.90. The number of anilines is 1. The molecule has 0 bridgehead atoms. The SMILES string of the molecule is COC(=O)N1CCCC(Nc2nc(-c3c[nH]c4ncc(C)cc34)ncc2F)C1. The summed E-state index contributed by atoms with van der Waals surface area (Å²) in [6, 6.07) is 1.88. The Labute approximate surface area is 161 Å². The Hall–Kier alpha value is -3.23. The van der Waals surface area contributed by atoms with Gasteiger partial charge in [-0.1, -0.05) is 0 Å². The van der Waals surface area contributed by atoms with Crippen LogP contribution >= 0.6 is 0 Å². The lowest BCUT2D eigenvalue weighted by molar-refractivity contribution is 0.113. The largest absolute Gasteiger partial charge is 0.453 e. The van der Waals surface area contributed by atoms with Gasteiger partial charge in [0, 0.05) is 42.5 Å². The van der Waals surface area contributed by atoms with E-state index in [0.29, 0.717) is 18.9 Å². The maximum Gasteiger partial charge on any atom is 0.409 e. The van der Waals surface area contributed by atoms with Crippen molar-refractivity contribution in [2.45, 2.75) is 25.8 Å². The van der Waals surface area contributed by atoms with Crippen LogP contribution in [0.2, 0.25) is 0 Å². The van der Waals surface area contributed by atoms with E-state index in [0.717, 1.165) is 41.2 Å². The Morgan fingerprint density at radius 2 is 2.25 bits per heavy atom. The third-order valence-corrected chi connectivity index (χ3v) is 4.85. The molecule has 1 fully saturated rings. The highest BCUT2D eigenvalue weighted by Gasteiger charge is 2.25. The van der Waals surface area contributed by atoms with Crippen molar-refractivity contribution in [2.24, 2.45) is 0 Å². The van der Waals surface area contributed by atoms with Crippen molar-refractivity contribution in [3.8, 4) is 11.4 Å². The molecule has 1 aliphatic heterocycles. The summed E-state index contributed by atoms with van der Waals surface area (Å²) in [6.45, 7) is 3.02. The number of fused-ring (bicyclic) bond motifs is 1. The van der Waals surface area contributed by atoms with Gasteiger partial charge < -0.3 is 19.9 Å². The van der Waals surface area contributed by atoms with Gasteiger partial charge in [-0.25, -0.2) is 24.1 Å². The zero-order valence-corrected chi connectivity index (χ0v) is 15.7. The maximum atomic E-state index is 14.4. The molecule has 0 spiro atoms. The van der Waals surface area contributed by atoms with Gasteiger partial charge in [-0.05, 0) is 31.4 Å². The summed E-state index contributed by atoms with van der Waals surface area (Å²) in [6.07, 6.45) is 5.94. The summed E-state index contributed by atoms with van der Waals surface area (Å²) >= 11 is 0. The Bertz CT molecular complexity index is 1020. The predicted molar refractivity (Wildman–Crippen MR) is 102 cm³/mol. The van der Waals surface area contributed by atoms with E-state index in [9.17, 15) is 9.18 Å². The van der Waals surface area contributed by atoms with E-state index in [1.54, 1.807) is 17.3 Å². The number of rotatable bonds is 3. The number of carbonyl (C=O) groups is 1. The number of nitrogens with zero attached hydrogens (tertiary/aromatic N) is 4. The van der Waals surface area contributed by atoms with Crippen molar-refractivity contribution in [3.63, 3.8) is 0 Å². The number of aromatic nitrogens is 4. The minimum absolute atomic E-state index is 0.114. The van der Waals surface area contributed by atoms with Gasteiger partial charge in [-0.2, -0.15) is 0 Å². The summed E-state index contributed by atoms with van der Waals surface area (Å²) in [7, 11) is 1.35. The van der Waals surface area contributed by atoms with E-state index in [2.05, 4.69) is 25.3 Å². The van der Waals surface area contributed by atoms with Crippen LogP contribution in [-0.2, 0) is 4.74 Å². The second kappa shape index (κ2) is 7.41. The fourth-order valence-corrected chi connectivity index (χ4v) is 3.47. The van der Waals surface area contributed by atoms with Crippen molar-refractivity contribution in [3.05, 3.63) is 36.0 Å². The Kier molecular flexibility index (Phi) is 4.81.